The van der Waals surface area contributed by atoms with Gasteiger partial charge in [-0.15, -0.1) is 0 Å². The van der Waals surface area contributed by atoms with Crippen LogP contribution < -0.4 is 5.32 Å². The molecule has 32 heavy (non-hydrogen) atoms. The standard InChI is InChI=1S/C23H41NO6SSi/c1-22(2,3)30-21(26)24-19(15-12-16-29-32(7,8)23(4,5)6)20(25)17-31(27,28)18-13-10-9-11-14-18/h9-11,13-14,19-20,25H,12,15-17H2,1-8H3,(H,24,26)/t19-,20+/m0/s1. The summed E-state index contributed by atoms with van der Waals surface area (Å²) in [5.74, 6) is -0.499. The molecule has 0 unspecified atom stereocenters. The van der Waals surface area contributed by atoms with E-state index in [-0.39, 0.29) is 9.93 Å². The van der Waals surface area contributed by atoms with Crippen LogP contribution >= 0.6 is 0 Å². The van der Waals surface area contributed by atoms with Crippen LogP contribution in [0.3, 0.4) is 0 Å². The molecule has 9 heteroatoms. The van der Waals surface area contributed by atoms with Crippen molar-refractivity contribution < 1.29 is 27.5 Å². The summed E-state index contributed by atoms with van der Waals surface area (Å²) >= 11 is 0. The second-order valence-corrected chi connectivity index (χ2v) is 17.5. The highest BCUT2D eigenvalue weighted by atomic mass is 32.2. The number of hydrogen-bond acceptors (Lipinski definition) is 6. The third-order valence-corrected chi connectivity index (χ3v) is 11.9. The first-order chi connectivity index (χ1) is 14.4. The molecule has 0 bridgehead atoms. The van der Waals surface area contributed by atoms with Crippen LogP contribution in [0.5, 0.6) is 0 Å². The van der Waals surface area contributed by atoms with E-state index in [2.05, 4.69) is 39.2 Å². The van der Waals surface area contributed by atoms with Crippen molar-refractivity contribution in [3.63, 3.8) is 0 Å². The van der Waals surface area contributed by atoms with Crippen LogP contribution in [0, 0.1) is 0 Å². The van der Waals surface area contributed by atoms with Gasteiger partial charge in [0, 0.05) is 6.61 Å². The molecule has 1 rings (SSSR count). The molecular formula is C23H41NO6SSi. The maximum absolute atomic E-state index is 12.7. The number of aliphatic hydroxyl groups is 1. The molecule has 2 atom stereocenters. The van der Waals surface area contributed by atoms with Crippen molar-refractivity contribution in [2.75, 3.05) is 12.4 Å². The highest BCUT2D eigenvalue weighted by Gasteiger charge is 2.37. The molecule has 1 aromatic rings. The molecule has 7 nitrogen and oxygen atoms in total. The lowest BCUT2D eigenvalue weighted by Crippen LogP contribution is -2.48. The first-order valence-corrected chi connectivity index (χ1v) is 15.6. The minimum Gasteiger partial charge on any atom is -0.444 e. The maximum Gasteiger partial charge on any atom is 0.407 e. The summed E-state index contributed by atoms with van der Waals surface area (Å²) in [6, 6.07) is 7.19. The number of alkyl carbamates (subject to hydrolysis) is 1. The van der Waals surface area contributed by atoms with Crippen molar-refractivity contribution in [3.05, 3.63) is 30.3 Å². The SMILES string of the molecule is CC(C)(C)OC(=O)N[C@@H](CCCO[Si](C)(C)C(C)(C)C)[C@H](O)CS(=O)(=O)c1ccccc1. The monoisotopic (exact) mass is 487 g/mol. The molecule has 0 aromatic heterocycles. The van der Waals surface area contributed by atoms with Gasteiger partial charge in [0.1, 0.15) is 5.60 Å². The maximum atomic E-state index is 12.7. The molecule has 1 amide bonds. The Labute approximate surface area is 194 Å². The van der Waals surface area contributed by atoms with Gasteiger partial charge in [0.05, 0.1) is 22.8 Å². The molecule has 0 aliphatic heterocycles. The van der Waals surface area contributed by atoms with E-state index in [9.17, 15) is 18.3 Å². The fourth-order valence-electron chi connectivity index (χ4n) is 2.73. The summed E-state index contributed by atoms with van der Waals surface area (Å²) < 4.78 is 36.9. The van der Waals surface area contributed by atoms with Crippen LogP contribution in [0.1, 0.15) is 54.4 Å². The van der Waals surface area contributed by atoms with E-state index in [1.54, 1.807) is 39.0 Å². The Morgan fingerprint density at radius 3 is 2.16 bits per heavy atom. The lowest BCUT2D eigenvalue weighted by atomic mass is 10.1. The molecule has 0 radical (unpaired) electrons. The van der Waals surface area contributed by atoms with E-state index in [4.69, 9.17) is 9.16 Å². The third-order valence-electron chi connectivity index (χ3n) is 5.59. The smallest absolute Gasteiger partial charge is 0.407 e. The number of benzene rings is 1. The van der Waals surface area contributed by atoms with Crippen LogP contribution in [-0.2, 0) is 19.0 Å². The third kappa shape index (κ3) is 9.60. The van der Waals surface area contributed by atoms with Crippen LogP contribution in [0.4, 0.5) is 4.79 Å². The second kappa shape index (κ2) is 11.1. The zero-order valence-electron chi connectivity index (χ0n) is 20.8. The van der Waals surface area contributed by atoms with Gasteiger partial charge in [0.2, 0.25) is 0 Å². The van der Waals surface area contributed by atoms with Gasteiger partial charge in [-0.05, 0) is 63.9 Å². The number of carbonyl (C=O) groups is 1. The van der Waals surface area contributed by atoms with Gasteiger partial charge < -0.3 is 19.6 Å². The Kier molecular flexibility index (Phi) is 9.95. The largest absolute Gasteiger partial charge is 0.444 e. The van der Waals surface area contributed by atoms with E-state index in [1.165, 1.54) is 12.1 Å². The number of rotatable bonds is 10. The lowest BCUT2D eigenvalue weighted by molar-refractivity contribution is 0.0428. The van der Waals surface area contributed by atoms with Crippen molar-refractivity contribution in [2.45, 2.75) is 95.2 Å². The summed E-state index contributed by atoms with van der Waals surface area (Å²) in [5, 5.41) is 13.5. The summed E-state index contributed by atoms with van der Waals surface area (Å²) in [6.45, 7) is 16.5. The fraction of sp³-hybridized carbons (Fsp3) is 0.696. The van der Waals surface area contributed by atoms with Gasteiger partial charge in [0.15, 0.2) is 18.2 Å². The normalized spacial score (nSPS) is 15.2. The van der Waals surface area contributed by atoms with Gasteiger partial charge in [0.25, 0.3) is 0 Å². The van der Waals surface area contributed by atoms with Gasteiger partial charge in [-0.25, -0.2) is 13.2 Å². The van der Waals surface area contributed by atoms with Gasteiger partial charge in [-0.2, -0.15) is 0 Å². The number of sulfone groups is 1. The minimum atomic E-state index is -3.72. The fourth-order valence-corrected chi connectivity index (χ4v) is 5.27. The van der Waals surface area contributed by atoms with Crippen molar-refractivity contribution in [3.8, 4) is 0 Å². The van der Waals surface area contributed by atoms with Crippen molar-refractivity contribution in [2.24, 2.45) is 0 Å². The average Bonchev–Trinajstić information content (AvgIpc) is 2.62. The predicted octanol–water partition coefficient (Wildman–Crippen LogP) is 4.52. The molecular weight excluding hydrogens is 446 g/mol. The molecule has 0 aliphatic rings. The summed E-state index contributed by atoms with van der Waals surface area (Å²) in [4.78, 5) is 12.4. The average molecular weight is 488 g/mol. The molecule has 0 saturated carbocycles. The molecule has 0 fully saturated rings. The first-order valence-electron chi connectivity index (χ1n) is 11.0. The number of carbonyl (C=O) groups excluding carboxylic acids is 1. The topological polar surface area (TPSA) is 102 Å². The second-order valence-electron chi connectivity index (χ2n) is 10.7. The predicted molar refractivity (Wildman–Crippen MR) is 130 cm³/mol. The van der Waals surface area contributed by atoms with Crippen molar-refractivity contribution in [1.29, 1.82) is 0 Å². The van der Waals surface area contributed by atoms with Crippen molar-refractivity contribution >= 4 is 24.2 Å². The molecule has 184 valence electrons. The molecule has 2 N–H and O–H groups in total. The number of ether oxygens (including phenoxy) is 1. The number of amides is 1. The molecule has 0 spiro atoms. The van der Waals surface area contributed by atoms with Crippen LogP contribution in [0.15, 0.2) is 35.2 Å². The Morgan fingerprint density at radius 1 is 1.09 bits per heavy atom. The Morgan fingerprint density at radius 2 is 1.66 bits per heavy atom. The van der Waals surface area contributed by atoms with Crippen LogP contribution in [0.2, 0.25) is 18.1 Å². The molecule has 0 saturated heterocycles. The number of aliphatic hydroxyl groups excluding tert-OH is 1. The Balaban J connectivity index is 2.86. The first kappa shape index (κ1) is 28.6. The molecule has 0 aliphatic carbocycles. The zero-order chi connectivity index (χ0) is 24.8. The minimum absolute atomic E-state index is 0.0739. The molecule has 1 aromatic carbocycles. The summed E-state index contributed by atoms with van der Waals surface area (Å²) in [7, 11) is -5.64. The van der Waals surface area contributed by atoms with E-state index in [0.717, 1.165) is 0 Å². The van der Waals surface area contributed by atoms with Gasteiger partial charge in [-0.3, -0.25) is 0 Å². The highest BCUT2D eigenvalue weighted by Crippen LogP contribution is 2.36. The van der Waals surface area contributed by atoms with E-state index >= 15 is 0 Å². The zero-order valence-corrected chi connectivity index (χ0v) is 22.6. The van der Waals surface area contributed by atoms with Crippen LogP contribution in [0.25, 0.3) is 0 Å². The van der Waals surface area contributed by atoms with Gasteiger partial charge in [-0.1, -0.05) is 39.0 Å². The Hall–Kier alpha value is -1.42. The Bertz CT molecular complexity index is 828. The quantitative estimate of drug-likeness (QED) is 0.372. The van der Waals surface area contributed by atoms with Crippen LogP contribution in [-0.4, -0.2) is 58.0 Å². The lowest BCUT2D eigenvalue weighted by Gasteiger charge is -2.36. The summed E-state index contributed by atoms with van der Waals surface area (Å²) in [6.07, 6.45) is -1.06. The van der Waals surface area contributed by atoms with E-state index < -0.39 is 47.7 Å². The summed E-state index contributed by atoms with van der Waals surface area (Å²) in [5.41, 5.74) is -0.707. The van der Waals surface area contributed by atoms with E-state index in [1.807, 2.05) is 0 Å². The van der Waals surface area contributed by atoms with E-state index in [0.29, 0.717) is 19.4 Å². The molecule has 0 heterocycles. The number of nitrogens with one attached hydrogen (secondary N) is 1. The van der Waals surface area contributed by atoms with Gasteiger partial charge >= 0.3 is 6.09 Å². The number of hydrogen-bond donors (Lipinski definition) is 2. The van der Waals surface area contributed by atoms with Crippen molar-refractivity contribution in [1.82, 2.24) is 5.32 Å². The highest BCUT2D eigenvalue weighted by molar-refractivity contribution is 7.91.